The number of rotatable bonds is 3. The first kappa shape index (κ1) is 18.6. The van der Waals surface area contributed by atoms with E-state index >= 15 is 0 Å². The van der Waals surface area contributed by atoms with Crippen LogP contribution in [0.4, 0.5) is 0 Å². The van der Waals surface area contributed by atoms with Crippen LogP contribution < -0.4 is 0 Å². The van der Waals surface area contributed by atoms with Gasteiger partial charge in [0.2, 0.25) is 0 Å². The maximum atomic E-state index is 11.8. The summed E-state index contributed by atoms with van der Waals surface area (Å²) >= 11 is 0. The number of esters is 1. The van der Waals surface area contributed by atoms with Crippen LogP contribution in [0.1, 0.15) is 41.0 Å². The molecule has 1 N–H and O–H groups in total. The van der Waals surface area contributed by atoms with Crippen molar-refractivity contribution in [2.45, 2.75) is 77.2 Å². The van der Waals surface area contributed by atoms with E-state index in [1.165, 1.54) is 7.11 Å². The van der Waals surface area contributed by atoms with E-state index < -0.39 is 20.1 Å². The molecule has 0 saturated carbocycles. The number of ether oxygens (including phenoxy) is 2. The molecule has 1 heterocycles. The lowest BCUT2D eigenvalue weighted by Gasteiger charge is -2.47. The third kappa shape index (κ3) is 3.86. The number of hydrogen-bond donors (Lipinski definition) is 1. The van der Waals surface area contributed by atoms with Gasteiger partial charge in [-0.15, -0.1) is 0 Å². The maximum absolute atomic E-state index is 11.8. The smallest absolute Gasteiger partial charge is 0.366 e. The molecule has 0 aromatic carbocycles. The molecule has 1 fully saturated rings. The highest BCUT2D eigenvalue weighted by Gasteiger charge is 2.51. The number of methoxy groups -OCH3 is 1. The van der Waals surface area contributed by atoms with Crippen molar-refractivity contribution < 1.29 is 23.8 Å². The summed E-state index contributed by atoms with van der Waals surface area (Å²) < 4.78 is 16.6. The van der Waals surface area contributed by atoms with Gasteiger partial charge in [0, 0.05) is 12.3 Å². The van der Waals surface area contributed by atoms with E-state index in [1.807, 2.05) is 13.8 Å². The lowest BCUT2D eigenvalue weighted by molar-refractivity contribution is -0.279. The van der Waals surface area contributed by atoms with Crippen molar-refractivity contribution in [2.75, 3.05) is 7.11 Å². The average molecular weight is 318 g/mol. The molecule has 21 heavy (non-hydrogen) atoms. The normalized spacial score (nSPS) is 34.6. The van der Waals surface area contributed by atoms with E-state index in [9.17, 15) is 9.90 Å². The third-order valence-electron chi connectivity index (χ3n) is 4.94. The summed E-state index contributed by atoms with van der Waals surface area (Å²) in [4.78, 5) is 11.8. The largest absolute Gasteiger partial charge is 0.465 e. The third-order valence-corrected chi connectivity index (χ3v) is 9.45. The van der Waals surface area contributed by atoms with E-state index in [2.05, 4.69) is 38.6 Å². The fraction of sp³-hybridized carbons (Fsp3) is 0.933. The predicted molar refractivity (Wildman–Crippen MR) is 83.4 cm³/mol. The summed E-state index contributed by atoms with van der Waals surface area (Å²) in [7, 11) is -0.744. The van der Waals surface area contributed by atoms with Crippen molar-refractivity contribution in [3.05, 3.63) is 0 Å². The van der Waals surface area contributed by atoms with Crippen LogP contribution in [0.2, 0.25) is 18.1 Å². The average Bonchev–Trinajstić information content (AvgIpc) is 2.32. The maximum Gasteiger partial charge on any atom is 0.366 e. The van der Waals surface area contributed by atoms with Gasteiger partial charge in [-0.2, -0.15) is 0 Å². The molecule has 1 rings (SSSR count). The second kappa shape index (κ2) is 5.99. The first-order valence-electron chi connectivity index (χ1n) is 7.50. The molecular formula is C15H30O5Si. The molecule has 6 heteroatoms. The first-order valence-corrected chi connectivity index (χ1v) is 10.4. The molecule has 1 saturated heterocycles. The summed E-state index contributed by atoms with van der Waals surface area (Å²) in [6, 6.07) is 0. The minimum absolute atomic E-state index is 0.0671. The molecular weight excluding hydrogens is 288 g/mol. The Kier molecular flexibility index (Phi) is 5.31. The minimum Gasteiger partial charge on any atom is -0.465 e. The molecule has 0 aliphatic carbocycles. The second-order valence-corrected chi connectivity index (χ2v) is 12.3. The van der Waals surface area contributed by atoms with E-state index in [4.69, 9.17) is 9.16 Å². The number of carbonyl (C=O) groups excluding carboxylic acids is 1. The van der Waals surface area contributed by atoms with Gasteiger partial charge >= 0.3 is 5.97 Å². The molecule has 0 radical (unpaired) electrons. The topological polar surface area (TPSA) is 65.0 Å². The quantitative estimate of drug-likeness (QED) is 0.640. The van der Waals surface area contributed by atoms with E-state index in [1.54, 1.807) is 0 Å². The zero-order chi connectivity index (χ0) is 16.6. The summed E-state index contributed by atoms with van der Waals surface area (Å²) in [5.74, 6) is -2.57. The van der Waals surface area contributed by atoms with Crippen LogP contribution in [0.5, 0.6) is 0 Å². The molecule has 5 nitrogen and oxygen atoms in total. The molecule has 0 bridgehead atoms. The molecule has 1 aliphatic heterocycles. The zero-order valence-corrected chi connectivity index (χ0v) is 15.5. The molecule has 124 valence electrons. The summed E-state index contributed by atoms with van der Waals surface area (Å²) in [6.07, 6.45) is -0.395. The molecule has 0 aromatic rings. The van der Waals surface area contributed by atoms with Gasteiger partial charge in [-0.3, -0.25) is 0 Å². The van der Waals surface area contributed by atoms with Crippen molar-refractivity contribution in [3.63, 3.8) is 0 Å². The summed E-state index contributed by atoms with van der Waals surface area (Å²) in [5, 5.41) is 10.5. The fourth-order valence-electron chi connectivity index (χ4n) is 2.22. The van der Waals surface area contributed by atoms with Gasteiger partial charge in [-0.05, 0) is 25.1 Å². The fourth-order valence-corrected chi connectivity index (χ4v) is 3.63. The van der Waals surface area contributed by atoms with Crippen molar-refractivity contribution in [1.29, 1.82) is 0 Å². The van der Waals surface area contributed by atoms with E-state index in [0.717, 1.165) is 0 Å². The van der Waals surface area contributed by atoms with Crippen LogP contribution in [0.25, 0.3) is 0 Å². The van der Waals surface area contributed by atoms with Gasteiger partial charge in [0.05, 0.1) is 19.3 Å². The lowest BCUT2D eigenvalue weighted by atomic mass is 9.89. The zero-order valence-electron chi connectivity index (χ0n) is 14.5. The van der Waals surface area contributed by atoms with E-state index in [0.29, 0.717) is 0 Å². The van der Waals surface area contributed by atoms with Crippen LogP contribution in [-0.4, -0.2) is 44.5 Å². The Labute approximate surface area is 129 Å². The Morgan fingerprint density at radius 3 is 2.29 bits per heavy atom. The summed E-state index contributed by atoms with van der Waals surface area (Å²) in [6.45, 7) is 14.7. The number of hydrogen-bond acceptors (Lipinski definition) is 5. The molecule has 4 atom stereocenters. The Morgan fingerprint density at radius 2 is 1.86 bits per heavy atom. The Hall–Kier alpha value is -0.433. The molecule has 0 spiro atoms. The van der Waals surface area contributed by atoms with Gasteiger partial charge in [0.25, 0.3) is 5.79 Å². The van der Waals surface area contributed by atoms with Crippen LogP contribution in [0, 0.1) is 5.92 Å². The Bertz CT molecular complexity index is 390. The predicted octanol–water partition coefficient (Wildman–Crippen LogP) is 2.68. The SMILES string of the molecule is COC(=O)[C@]1(O)C[C@H](O[Si](C)(C)C(C)(C)C)[C@H](C)[C@@H](C)O1. The van der Waals surface area contributed by atoms with Crippen LogP contribution in [0.3, 0.4) is 0 Å². The lowest BCUT2D eigenvalue weighted by Crippen LogP contribution is -2.58. The Balaban J connectivity index is 2.97. The highest BCUT2D eigenvalue weighted by Crippen LogP contribution is 2.41. The van der Waals surface area contributed by atoms with Crippen LogP contribution in [0.15, 0.2) is 0 Å². The van der Waals surface area contributed by atoms with Crippen LogP contribution in [-0.2, 0) is 18.7 Å². The monoisotopic (exact) mass is 318 g/mol. The number of aliphatic hydroxyl groups is 1. The van der Waals surface area contributed by atoms with Crippen molar-refractivity contribution in [1.82, 2.24) is 0 Å². The van der Waals surface area contributed by atoms with Crippen molar-refractivity contribution in [2.24, 2.45) is 5.92 Å². The molecule has 0 amide bonds. The Morgan fingerprint density at radius 1 is 1.33 bits per heavy atom. The first-order chi connectivity index (χ1) is 9.34. The molecule has 0 aromatic heterocycles. The van der Waals surface area contributed by atoms with Crippen molar-refractivity contribution >= 4 is 14.3 Å². The highest BCUT2D eigenvalue weighted by molar-refractivity contribution is 6.74. The second-order valence-electron chi connectivity index (χ2n) is 7.58. The standard InChI is InChI=1S/C15H30O5Si/c1-10-11(2)19-15(17,13(16)18-6)9-12(10)20-21(7,8)14(3,4)5/h10-12,17H,9H2,1-8H3/t10-,11-,12+,15+/m1/s1. The van der Waals surface area contributed by atoms with E-state index in [-0.39, 0.29) is 29.6 Å². The van der Waals surface area contributed by atoms with Crippen molar-refractivity contribution in [3.8, 4) is 0 Å². The minimum atomic E-state index is -1.99. The van der Waals surface area contributed by atoms with Gasteiger partial charge in [0.15, 0.2) is 8.32 Å². The number of carbonyl (C=O) groups is 1. The van der Waals surface area contributed by atoms with Gasteiger partial charge in [0.1, 0.15) is 0 Å². The van der Waals surface area contributed by atoms with Gasteiger partial charge in [-0.1, -0.05) is 27.7 Å². The van der Waals surface area contributed by atoms with Crippen LogP contribution >= 0.6 is 0 Å². The van der Waals surface area contributed by atoms with Gasteiger partial charge < -0.3 is 19.0 Å². The molecule has 0 unspecified atom stereocenters. The summed E-state index contributed by atoms with van der Waals surface area (Å²) in [5.41, 5.74) is 0. The van der Waals surface area contributed by atoms with Gasteiger partial charge in [-0.25, -0.2) is 4.79 Å². The highest BCUT2D eigenvalue weighted by atomic mass is 28.4. The molecule has 1 aliphatic rings.